The molecule has 9 heteroatoms. The number of hydrogen-bond donors (Lipinski definition) is 2. The van der Waals surface area contributed by atoms with Crippen molar-refractivity contribution in [1.29, 1.82) is 0 Å². The van der Waals surface area contributed by atoms with Crippen LogP contribution in [0.3, 0.4) is 0 Å². The number of rotatable bonds is 11. The normalized spacial score (nSPS) is 15.2. The fraction of sp³-hybridized carbons (Fsp3) is 0.321. The topological polar surface area (TPSA) is 97.0 Å². The Balaban J connectivity index is 1.72. The summed E-state index contributed by atoms with van der Waals surface area (Å²) < 4.78 is 10.8. The molecule has 2 aromatic carbocycles. The van der Waals surface area contributed by atoms with E-state index in [1.807, 2.05) is 36.4 Å². The van der Waals surface area contributed by atoms with Crippen molar-refractivity contribution in [3.05, 3.63) is 89.0 Å². The molecular formula is C28H32ClN3O5. The van der Waals surface area contributed by atoms with Gasteiger partial charge in [0.05, 0.1) is 13.2 Å². The standard InChI is InChI=1S/C28H32ClN3O5/c1-30-26(33)20-23(21-7-3-2-4-8-21)19-25(31-27(34)22-9-11-24(29)12-10-22)28(35)37-16-6-5-13-32-14-17-36-18-15-32/h2-12,20,25H,13-19H2,1H3,(H,30,33)(H,31,34)/b6-5+,23-20-. The highest BCUT2D eigenvalue weighted by atomic mass is 35.5. The molecule has 0 radical (unpaired) electrons. The highest BCUT2D eigenvalue weighted by Gasteiger charge is 2.25. The van der Waals surface area contributed by atoms with Crippen molar-refractivity contribution in [1.82, 2.24) is 15.5 Å². The van der Waals surface area contributed by atoms with Gasteiger partial charge in [0.15, 0.2) is 0 Å². The predicted molar refractivity (Wildman–Crippen MR) is 143 cm³/mol. The molecule has 1 atom stereocenters. The summed E-state index contributed by atoms with van der Waals surface area (Å²) in [4.78, 5) is 40.4. The molecule has 2 N–H and O–H groups in total. The molecule has 1 unspecified atom stereocenters. The second kappa shape index (κ2) is 14.9. The van der Waals surface area contributed by atoms with Gasteiger partial charge in [0.25, 0.3) is 5.91 Å². The summed E-state index contributed by atoms with van der Waals surface area (Å²) >= 11 is 5.94. The maximum Gasteiger partial charge on any atom is 0.329 e. The molecule has 1 heterocycles. The second-order valence-corrected chi connectivity index (χ2v) is 8.84. The Hall–Kier alpha value is -3.46. The molecule has 0 bridgehead atoms. The molecule has 0 aromatic heterocycles. The summed E-state index contributed by atoms with van der Waals surface area (Å²) in [5.41, 5.74) is 1.69. The molecule has 1 aliphatic rings. The van der Waals surface area contributed by atoms with Crippen LogP contribution in [-0.2, 0) is 19.1 Å². The van der Waals surface area contributed by atoms with E-state index in [0.717, 1.165) is 25.2 Å². The van der Waals surface area contributed by atoms with Crippen LogP contribution in [0.25, 0.3) is 5.57 Å². The van der Waals surface area contributed by atoms with E-state index in [2.05, 4.69) is 15.5 Å². The van der Waals surface area contributed by atoms with Gasteiger partial charge in [-0.15, -0.1) is 0 Å². The van der Waals surface area contributed by atoms with Crippen LogP contribution in [0.5, 0.6) is 0 Å². The molecule has 1 aliphatic heterocycles. The van der Waals surface area contributed by atoms with Gasteiger partial charge >= 0.3 is 5.97 Å². The first-order valence-corrected chi connectivity index (χ1v) is 12.5. The van der Waals surface area contributed by atoms with Crippen molar-refractivity contribution in [2.45, 2.75) is 12.5 Å². The van der Waals surface area contributed by atoms with Crippen LogP contribution >= 0.6 is 11.6 Å². The maximum atomic E-state index is 13.1. The second-order valence-electron chi connectivity index (χ2n) is 8.40. The van der Waals surface area contributed by atoms with E-state index in [1.54, 1.807) is 30.3 Å². The Kier molecular flexibility index (Phi) is 11.4. The number of nitrogens with zero attached hydrogens (tertiary/aromatic N) is 1. The number of ether oxygens (including phenoxy) is 2. The first-order valence-electron chi connectivity index (χ1n) is 12.1. The zero-order valence-electron chi connectivity index (χ0n) is 20.8. The largest absolute Gasteiger partial charge is 0.460 e. The van der Waals surface area contributed by atoms with Gasteiger partial charge in [0, 0.05) is 49.8 Å². The average Bonchev–Trinajstić information content (AvgIpc) is 2.93. The molecular weight excluding hydrogens is 494 g/mol. The number of likely N-dealkylation sites (N-methyl/N-ethyl adjacent to an activating group) is 1. The summed E-state index contributed by atoms with van der Waals surface area (Å²) in [6.07, 6.45) is 5.21. The van der Waals surface area contributed by atoms with Gasteiger partial charge in [-0.25, -0.2) is 4.79 Å². The van der Waals surface area contributed by atoms with Gasteiger partial charge in [0.2, 0.25) is 5.91 Å². The Morgan fingerprint density at radius 2 is 1.73 bits per heavy atom. The van der Waals surface area contributed by atoms with Crippen molar-refractivity contribution < 1.29 is 23.9 Å². The minimum atomic E-state index is -1.02. The molecule has 0 spiro atoms. The molecule has 1 fully saturated rings. The Labute approximate surface area is 222 Å². The maximum absolute atomic E-state index is 13.1. The van der Waals surface area contributed by atoms with Crippen LogP contribution in [0.15, 0.2) is 72.8 Å². The van der Waals surface area contributed by atoms with E-state index in [0.29, 0.717) is 29.4 Å². The van der Waals surface area contributed by atoms with Crippen molar-refractivity contribution >= 4 is 35.0 Å². The monoisotopic (exact) mass is 525 g/mol. The van der Waals surface area contributed by atoms with Crippen LogP contribution in [-0.4, -0.2) is 75.2 Å². The number of esters is 1. The lowest BCUT2D eigenvalue weighted by Crippen LogP contribution is -2.42. The van der Waals surface area contributed by atoms with Crippen LogP contribution in [0.1, 0.15) is 22.3 Å². The van der Waals surface area contributed by atoms with Gasteiger partial charge in [-0.3, -0.25) is 14.5 Å². The van der Waals surface area contributed by atoms with E-state index in [1.165, 1.54) is 13.1 Å². The minimum Gasteiger partial charge on any atom is -0.460 e. The summed E-state index contributed by atoms with van der Waals surface area (Å²) in [6, 6.07) is 14.6. The third kappa shape index (κ3) is 9.49. The summed E-state index contributed by atoms with van der Waals surface area (Å²) in [7, 11) is 1.53. The van der Waals surface area contributed by atoms with Crippen molar-refractivity contribution in [3.63, 3.8) is 0 Å². The molecule has 2 amide bonds. The number of benzene rings is 2. The lowest BCUT2D eigenvalue weighted by molar-refractivity contribution is -0.144. The number of amides is 2. The molecule has 0 saturated carbocycles. The smallest absolute Gasteiger partial charge is 0.329 e. The number of halogens is 1. The van der Waals surface area contributed by atoms with E-state index in [-0.39, 0.29) is 18.9 Å². The number of morpholine rings is 1. The molecule has 0 aliphatic carbocycles. The summed E-state index contributed by atoms with van der Waals surface area (Å²) in [6.45, 7) is 3.96. The molecule has 37 heavy (non-hydrogen) atoms. The molecule has 3 rings (SSSR count). The zero-order valence-corrected chi connectivity index (χ0v) is 21.6. The average molecular weight is 526 g/mol. The summed E-state index contributed by atoms with van der Waals surface area (Å²) in [5.74, 6) is -1.37. The Bertz CT molecular complexity index is 1100. The number of carbonyl (C=O) groups excluding carboxylic acids is 3. The van der Waals surface area contributed by atoms with E-state index in [4.69, 9.17) is 21.1 Å². The number of hydrogen-bond acceptors (Lipinski definition) is 6. The van der Waals surface area contributed by atoms with Crippen LogP contribution in [0.2, 0.25) is 5.02 Å². The van der Waals surface area contributed by atoms with Gasteiger partial charge in [-0.05, 0) is 41.5 Å². The van der Waals surface area contributed by atoms with Crippen LogP contribution < -0.4 is 10.6 Å². The third-order valence-corrected chi connectivity index (χ3v) is 6.02. The summed E-state index contributed by atoms with van der Waals surface area (Å²) in [5, 5.41) is 5.82. The Morgan fingerprint density at radius 1 is 1.03 bits per heavy atom. The van der Waals surface area contributed by atoms with Crippen molar-refractivity contribution in [2.24, 2.45) is 0 Å². The van der Waals surface area contributed by atoms with Gasteiger partial charge in [-0.1, -0.05) is 48.0 Å². The third-order valence-electron chi connectivity index (χ3n) is 5.77. The van der Waals surface area contributed by atoms with Gasteiger partial charge < -0.3 is 20.1 Å². The minimum absolute atomic E-state index is 0.0626. The van der Waals surface area contributed by atoms with Crippen molar-refractivity contribution in [3.8, 4) is 0 Å². The highest BCUT2D eigenvalue weighted by molar-refractivity contribution is 6.30. The molecule has 8 nitrogen and oxygen atoms in total. The predicted octanol–water partition coefficient (Wildman–Crippen LogP) is 3.09. The fourth-order valence-electron chi connectivity index (χ4n) is 3.71. The van der Waals surface area contributed by atoms with Crippen molar-refractivity contribution in [2.75, 3.05) is 46.5 Å². The van der Waals surface area contributed by atoms with Crippen LogP contribution in [0, 0.1) is 0 Å². The van der Waals surface area contributed by atoms with Gasteiger partial charge in [0.1, 0.15) is 12.6 Å². The lowest BCUT2D eigenvalue weighted by atomic mass is 9.97. The first-order chi connectivity index (χ1) is 18.0. The lowest BCUT2D eigenvalue weighted by Gasteiger charge is -2.25. The zero-order chi connectivity index (χ0) is 26.5. The molecule has 2 aromatic rings. The van der Waals surface area contributed by atoms with E-state index < -0.39 is 17.9 Å². The first kappa shape index (κ1) is 28.1. The van der Waals surface area contributed by atoms with Crippen LogP contribution in [0.4, 0.5) is 0 Å². The molecule has 1 saturated heterocycles. The quantitative estimate of drug-likeness (QED) is 0.266. The Morgan fingerprint density at radius 3 is 2.41 bits per heavy atom. The fourth-order valence-corrected chi connectivity index (χ4v) is 3.83. The highest BCUT2D eigenvalue weighted by Crippen LogP contribution is 2.21. The molecule has 196 valence electrons. The van der Waals surface area contributed by atoms with Gasteiger partial charge in [-0.2, -0.15) is 0 Å². The number of nitrogens with one attached hydrogen (secondary N) is 2. The van der Waals surface area contributed by atoms with E-state index in [9.17, 15) is 14.4 Å². The number of carbonyl (C=O) groups is 3. The SMILES string of the molecule is CNC(=O)/C=C(/CC(NC(=O)c1ccc(Cl)cc1)C(=O)OC/C=C/CN1CCOCC1)c1ccccc1. The van der Waals surface area contributed by atoms with E-state index >= 15 is 0 Å².